The van der Waals surface area contributed by atoms with E-state index in [-0.39, 0.29) is 6.54 Å². The van der Waals surface area contributed by atoms with Gasteiger partial charge < -0.3 is 4.90 Å². The van der Waals surface area contributed by atoms with Crippen molar-refractivity contribution in [3.05, 3.63) is 35.4 Å². The van der Waals surface area contributed by atoms with Crippen LogP contribution in [-0.4, -0.2) is 24.4 Å². The van der Waals surface area contributed by atoms with Gasteiger partial charge in [-0.25, -0.2) is 8.78 Å². The number of benzene rings is 1. The molecule has 1 aromatic carbocycles. The molecule has 90 valence electrons. The van der Waals surface area contributed by atoms with Gasteiger partial charge in [0, 0.05) is 13.6 Å². The van der Waals surface area contributed by atoms with E-state index in [1.165, 1.54) is 13.1 Å². The molecule has 0 N–H and O–H groups in total. The number of hydrogen-bond acceptors (Lipinski definition) is 2. The second-order valence-electron chi connectivity index (χ2n) is 3.81. The summed E-state index contributed by atoms with van der Waals surface area (Å²) in [6.07, 6.45) is 0. The van der Waals surface area contributed by atoms with Crippen molar-refractivity contribution < 1.29 is 13.6 Å². The van der Waals surface area contributed by atoms with Crippen LogP contribution in [0.25, 0.3) is 0 Å². The quantitative estimate of drug-likeness (QED) is 0.810. The van der Waals surface area contributed by atoms with Gasteiger partial charge in [-0.2, -0.15) is 5.26 Å². The van der Waals surface area contributed by atoms with Crippen molar-refractivity contribution in [2.45, 2.75) is 6.92 Å². The van der Waals surface area contributed by atoms with Crippen LogP contribution >= 0.6 is 0 Å². The number of carbonyl (C=O) groups excluding carboxylic acids is 1. The first-order chi connectivity index (χ1) is 7.97. The van der Waals surface area contributed by atoms with Gasteiger partial charge in [0.1, 0.15) is 17.2 Å². The van der Waals surface area contributed by atoms with E-state index in [1.807, 2.05) is 6.07 Å². The summed E-state index contributed by atoms with van der Waals surface area (Å²) in [5.41, 5.74) is -0.583. The molecule has 0 saturated heterocycles. The van der Waals surface area contributed by atoms with E-state index in [9.17, 15) is 13.6 Å². The Hall–Kier alpha value is -1.96. The molecule has 1 amide bonds. The van der Waals surface area contributed by atoms with Crippen molar-refractivity contribution in [1.82, 2.24) is 4.90 Å². The lowest BCUT2D eigenvalue weighted by Crippen LogP contribution is -2.32. The van der Waals surface area contributed by atoms with Crippen molar-refractivity contribution in [2.24, 2.45) is 5.92 Å². The smallest absolute Gasteiger partial charge is 0.259 e. The molecular formula is C12H12F2N2O. The Morgan fingerprint density at radius 1 is 1.47 bits per heavy atom. The predicted octanol–water partition coefficient (Wildman–Crippen LogP) is 2.20. The van der Waals surface area contributed by atoms with E-state index in [0.717, 1.165) is 17.0 Å². The van der Waals surface area contributed by atoms with E-state index in [2.05, 4.69) is 0 Å². The fourth-order valence-electron chi connectivity index (χ4n) is 1.43. The molecule has 0 spiro atoms. The maximum absolute atomic E-state index is 13.3. The number of halogens is 2. The Morgan fingerprint density at radius 3 is 2.47 bits per heavy atom. The molecule has 1 rings (SSSR count). The summed E-state index contributed by atoms with van der Waals surface area (Å²) in [5.74, 6) is -2.94. The monoisotopic (exact) mass is 238 g/mol. The largest absolute Gasteiger partial charge is 0.340 e. The topological polar surface area (TPSA) is 44.1 Å². The lowest BCUT2D eigenvalue weighted by molar-refractivity contribution is 0.0775. The van der Waals surface area contributed by atoms with Gasteiger partial charge in [-0.3, -0.25) is 4.79 Å². The molecule has 17 heavy (non-hydrogen) atoms. The van der Waals surface area contributed by atoms with Gasteiger partial charge >= 0.3 is 0 Å². The van der Waals surface area contributed by atoms with Crippen LogP contribution in [0.1, 0.15) is 17.3 Å². The first-order valence-corrected chi connectivity index (χ1v) is 5.06. The second-order valence-corrected chi connectivity index (χ2v) is 3.81. The summed E-state index contributed by atoms with van der Waals surface area (Å²) in [6.45, 7) is 1.75. The highest BCUT2D eigenvalue weighted by Crippen LogP contribution is 2.14. The van der Waals surface area contributed by atoms with Crippen LogP contribution in [0.3, 0.4) is 0 Å². The number of hydrogen-bond donors (Lipinski definition) is 0. The molecule has 0 aliphatic carbocycles. The number of rotatable bonds is 3. The van der Waals surface area contributed by atoms with Crippen molar-refractivity contribution >= 4 is 5.91 Å². The number of nitriles is 1. The molecule has 0 aliphatic heterocycles. The van der Waals surface area contributed by atoms with E-state index in [0.29, 0.717) is 0 Å². The molecule has 0 bridgehead atoms. The Morgan fingerprint density at radius 2 is 2.00 bits per heavy atom. The molecule has 0 radical (unpaired) electrons. The minimum atomic E-state index is -0.897. The van der Waals surface area contributed by atoms with Crippen LogP contribution in [0.15, 0.2) is 18.2 Å². The molecule has 0 aliphatic rings. The predicted molar refractivity (Wildman–Crippen MR) is 58.1 cm³/mol. The highest BCUT2D eigenvalue weighted by molar-refractivity contribution is 5.94. The first-order valence-electron chi connectivity index (χ1n) is 5.06. The molecule has 1 aromatic rings. The second kappa shape index (κ2) is 5.39. The average Bonchev–Trinajstić information content (AvgIpc) is 2.28. The van der Waals surface area contributed by atoms with Crippen LogP contribution in [-0.2, 0) is 0 Å². The Bertz CT molecular complexity index is 448. The van der Waals surface area contributed by atoms with Gasteiger partial charge in [0.05, 0.1) is 12.0 Å². The fourth-order valence-corrected chi connectivity index (χ4v) is 1.43. The summed E-state index contributed by atoms with van der Waals surface area (Å²) in [4.78, 5) is 12.9. The van der Waals surface area contributed by atoms with E-state index in [4.69, 9.17) is 5.26 Å². The molecule has 0 fully saturated rings. The minimum absolute atomic E-state index is 0.128. The molecule has 0 heterocycles. The Balaban J connectivity index is 2.94. The zero-order valence-electron chi connectivity index (χ0n) is 9.58. The summed E-state index contributed by atoms with van der Waals surface area (Å²) >= 11 is 0. The highest BCUT2D eigenvalue weighted by atomic mass is 19.1. The van der Waals surface area contributed by atoms with Gasteiger partial charge in [-0.05, 0) is 19.1 Å². The zero-order valence-corrected chi connectivity index (χ0v) is 9.58. The number of carbonyl (C=O) groups is 1. The summed E-state index contributed by atoms with van der Waals surface area (Å²) in [7, 11) is 1.40. The van der Waals surface area contributed by atoms with Crippen LogP contribution in [0, 0.1) is 28.9 Å². The van der Waals surface area contributed by atoms with Crippen LogP contribution in [0.5, 0.6) is 0 Å². The van der Waals surface area contributed by atoms with E-state index < -0.39 is 29.0 Å². The SMILES string of the molecule is CC(C#N)CN(C)C(=O)c1c(F)cccc1F. The molecule has 1 unspecified atom stereocenters. The third-order valence-corrected chi connectivity index (χ3v) is 2.29. The van der Waals surface area contributed by atoms with Gasteiger partial charge in [0.2, 0.25) is 0 Å². The fraction of sp³-hybridized carbons (Fsp3) is 0.333. The number of amides is 1. The van der Waals surface area contributed by atoms with Gasteiger partial charge in [0.25, 0.3) is 5.91 Å². The summed E-state index contributed by atoms with van der Waals surface area (Å²) in [5, 5.41) is 8.61. The first kappa shape index (κ1) is 13.1. The van der Waals surface area contributed by atoms with Crippen molar-refractivity contribution in [2.75, 3.05) is 13.6 Å². The molecule has 5 heteroatoms. The third kappa shape index (κ3) is 3.00. The van der Waals surface area contributed by atoms with E-state index in [1.54, 1.807) is 6.92 Å². The highest BCUT2D eigenvalue weighted by Gasteiger charge is 2.21. The molecule has 0 aromatic heterocycles. The summed E-state index contributed by atoms with van der Waals surface area (Å²) in [6, 6.07) is 5.20. The van der Waals surface area contributed by atoms with Crippen molar-refractivity contribution in [3.63, 3.8) is 0 Å². The van der Waals surface area contributed by atoms with Crippen molar-refractivity contribution in [1.29, 1.82) is 5.26 Å². The Kier molecular flexibility index (Phi) is 4.16. The third-order valence-electron chi connectivity index (χ3n) is 2.29. The van der Waals surface area contributed by atoms with Crippen LogP contribution in [0.4, 0.5) is 8.78 Å². The van der Waals surface area contributed by atoms with Gasteiger partial charge in [0.15, 0.2) is 0 Å². The van der Waals surface area contributed by atoms with Crippen LogP contribution < -0.4 is 0 Å². The maximum Gasteiger partial charge on any atom is 0.259 e. The van der Waals surface area contributed by atoms with E-state index >= 15 is 0 Å². The standard InChI is InChI=1S/C12H12F2N2O/c1-8(6-15)7-16(2)12(17)11-9(13)4-3-5-10(11)14/h3-5,8H,7H2,1-2H3. The lowest BCUT2D eigenvalue weighted by atomic mass is 10.1. The van der Waals surface area contributed by atoms with Crippen molar-refractivity contribution in [3.8, 4) is 6.07 Å². The molecule has 1 atom stereocenters. The number of nitrogens with zero attached hydrogens (tertiary/aromatic N) is 2. The minimum Gasteiger partial charge on any atom is -0.340 e. The van der Waals surface area contributed by atoms with Crippen LogP contribution in [0.2, 0.25) is 0 Å². The lowest BCUT2D eigenvalue weighted by Gasteiger charge is -2.18. The summed E-state index contributed by atoms with van der Waals surface area (Å²) < 4.78 is 26.7. The Labute approximate surface area is 98.3 Å². The molecule has 0 saturated carbocycles. The molecular weight excluding hydrogens is 226 g/mol. The normalized spacial score (nSPS) is 11.7. The maximum atomic E-state index is 13.3. The average molecular weight is 238 g/mol. The zero-order chi connectivity index (χ0) is 13.0. The molecule has 3 nitrogen and oxygen atoms in total. The van der Waals surface area contributed by atoms with Gasteiger partial charge in [-0.15, -0.1) is 0 Å². The van der Waals surface area contributed by atoms with Gasteiger partial charge in [-0.1, -0.05) is 6.07 Å².